The van der Waals surface area contributed by atoms with Crippen molar-refractivity contribution in [3.8, 4) is 0 Å². The number of thiocarbonyl (C=S) groups is 1. The van der Waals surface area contributed by atoms with Crippen LogP contribution in [0.15, 0.2) is 47.4 Å². The lowest BCUT2D eigenvalue weighted by Gasteiger charge is -2.14. The van der Waals surface area contributed by atoms with Gasteiger partial charge < -0.3 is 5.32 Å². The number of nitrogens with zero attached hydrogens (tertiary/aromatic N) is 1. The molecule has 0 aromatic heterocycles. The summed E-state index contributed by atoms with van der Waals surface area (Å²) in [6.07, 6.45) is 4.22. The molecule has 2 aromatic carbocycles. The van der Waals surface area contributed by atoms with E-state index >= 15 is 0 Å². The molecule has 4 nitrogen and oxygen atoms in total. The first kappa shape index (κ1) is 23.7. The van der Waals surface area contributed by atoms with Gasteiger partial charge in [0.15, 0.2) is 0 Å². The molecule has 1 fully saturated rings. The summed E-state index contributed by atoms with van der Waals surface area (Å²) in [5.41, 5.74) is 1.23. The van der Waals surface area contributed by atoms with Crippen LogP contribution in [0.1, 0.15) is 31.2 Å². The summed E-state index contributed by atoms with van der Waals surface area (Å²) < 4.78 is 13.4. The van der Waals surface area contributed by atoms with E-state index in [1.807, 2.05) is 0 Å². The third-order valence-electron chi connectivity index (χ3n) is 4.56. The van der Waals surface area contributed by atoms with Crippen LogP contribution in [-0.2, 0) is 9.59 Å². The monoisotopic (exact) mass is 496 g/mol. The van der Waals surface area contributed by atoms with Gasteiger partial charge >= 0.3 is 0 Å². The number of unbranched alkanes of at least 4 members (excludes halogenated alkanes) is 2. The predicted octanol–water partition coefficient (Wildman–Crippen LogP) is 6.53. The zero-order valence-electron chi connectivity index (χ0n) is 16.4. The molecule has 162 valence electrons. The highest BCUT2D eigenvalue weighted by Crippen LogP contribution is 2.35. The zero-order valence-corrected chi connectivity index (χ0v) is 19.5. The Hall–Kier alpha value is -1.93. The molecule has 2 amide bonds. The molecule has 0 saturated carbocycles. The average Bonchev–Trinajstić information content (AvgIpc) is 3.00. The lowest BCUT2D eigenvalue weighted by molar-refractivity contribution is -0.122. The van der Waals surface area contributed by atoms with Gasteiger partial charge in [0.1, 0.15) is 10.1 Å². The van der Waals surface area contributed by atoms with Crippen molar-refractivity contribution in [3.63, 3.8) is 0 Å². The summed E-state index contributed by atoms with van der Waals surface area (Å²) in [5.74, 6) is -0.627. The van der Waals surface area contributed by atoms with E-state index in [9.17, 15) is 14.0 Å². The normalized spacial score (nSPS) is 15.1. The van der Waals surface area contributed by atoms with E-state index in [2.05, 4.69) is 5.32 Å². The Morgan fingerprint density at radius 1 is 1.13 bits per heavy atom. The average molecular weight is 497 g/mol. The Bertz CT molecular complexity index is 1030. The summed E-state index contributed by atoms with van der Waals surface area (Å²) in [6.45, 7) is 0.491. The van der Waals surface area contributed by atoms with Gasteiger partial charge in [-0.15, -0.1) is 0 Å². The molecule has 1 heterocycles. The fourth-order valence-electron chi connectivity index (χ4n) is 2.95. The SMILES string of the molecule is O=C(CCCCCN1C(=O)/C(=C/c2cccc(Cl)c2Cl)SC1=S)Nc1ccc(F)cc1. The summed E-state index contributed by atoms with van der Waals surface area (Å²) >= 11 is 18.8. The number of halogens is 3. The van der Waals surface area contributed by atoms with Crippen molar-refractivity contribution < 1.29 is 14.0 Å². The van der Waals surface area contributed by atoms with E-state index in [0.717, 1.165) is 12.8 Å². The maximum absolute atomic E-state index is 12.9. The van der Waals surface area contributed by atoms with Gasteiger partial charge in [-0.3, -0.25) is 14.5 Å². The van der Waals surface area contributed by atoms with Gasteiger partial charge in [-0.05, 0) is 54.8 Å². The van der Waals surface area contributed by atoms with Crippen molar-refractivity contribution in [2.75, 3.05) is 11.9 Å². The molecular formula is C22H19Cl2FN2O2S2. The first-order chi connectivity index (χ1) is 14.8. The Labute approximate surface area is 199 Å². The molecule has 2 aromatic rings. The van der Waals surface area contributed by atoms with Gasteiger partial charge in [0, 0.05) is 18.7 Å². The maximum Gasteiger partial charge on any atom is 0.266 e. The van der Waals surface area contributed by atoms with Crippen LogP contribution in [-0.4, -0.2) is 27.6 Å². The zero-order chi connectivity index (χ0) is 22.4. The van der Waals surface area contributed by atoms with Crippen molar-refractivity contribution in [3.05, 3.63) is 68.8 Å². The lowest BCUT2D eigenvalue weighted by Crippen LogP contribution is -2.29. The van der Waals surface area contributed by atoms with Crippen LogP contribution in [0.3, 0.4) is 0 Å². The second-order valence-electron chi connectivity index (χ2n) is 6.84. The highest BCUT2D eigenvalue weighted by Gasteiger charge is 2.31. The standard InChI is InChI=1S/C22H19Cl2FN2O2S2/c23-17-6-4-5-14(20(17)24)13-18-21(29)27(22(30)31-18)12-3-1-2-7-19(28)26-16-10-8-15(25)9-11-16/h4-6,8-11,13H,1-3,7,12H2,(H,26,28)/b18-13-. The number of hydrogen-bond donors (Lipinski definition) is 1. The lowest BCUT2D eigenvalue weighted by atomic mass is 10.1. The topological polar surface area (TPSA) is 49.4 Å². The van der Waals surface area contributed by atoms with Crippen molar-refractivity contribution in [1.29, 1.82) is 0 Å². The van der Waals surface area contributed by atoms with Crippen LogP contribution < -0.4 is 5.32 Å². The Morgan fingerprint density at radius 2 is 1.87 bits per heavy atom. The molecular weight excluding hydrogens is 478 g/mol. The van der Waals surface area contributed by atoms with E-state index < -0.39 is 0 Å². The maximum atomic E-state index is 12.9. The molecule has 31 heavy (non-hydrogen) atoms. The van der Waals surface area contributed by atoms with Crippen molar-refractivity contribution in [2.24, 2.45) is 0 Å². The minimum Gasteiger partial charge on any atom is -0.326 e. The second kappa shape index (κ2) is 11.1. The summed E-state index contributed by atoms with van der Waals surface area (Å²) in [6, 6.07) is 10.9. The Balaban J connectivity index is 1.44. The van der Waals surface area contributed by atoms with Crippen LogP contribution in [0.4, 0.5) is 10.1 Å². The van der Waals surface area contributed by atoms with E-state index in [4.69, 9.17) is 35.4 Å². The number of carbonyl (C=O) groups is 2. The van der Waals surface area contributed by atoms with Crippen LogP contribution in [0.25, 0.3) is 6.08 Å². The van der Waals surface area contributed by atoms with Crippen molar-refractivity contribution in [1.82, 2.24) is 4.90 Å². The molecule has 0 radical (unpaired) electrons. The summed E-state index contributed by atoms with van der Waals surface area (Å²) in [5, 5.41) is 3.55. The van der Waals surface area contributed by atoms with E-state index in [1.54, 1.807) is 29.2 Å². The number of amides is 2. The quantitative estimate of drug-likeness (QED) is 0.256. The van der Waals surface area contributed by atoms with Gasteiger partial charge in [-0.25, -0.2) is 4.39 Å². The molecule has 0 bridgehead atoms. The molecule has 0 aliphatic carbocycles. The first-order valence-corrected chi connectivity index (χ1v) is 11.6. The van der Waals surface area contributed by atoms with Crippen molar-refractivity contribution in [2.45, 2.75) is 25.7 Å². The number of benzene rings is 2. The fraction of sp³-hybridized carbons (Fsp3) is 0.227. The minimum atomic E-state index is -0.348. The molecule has 1 N–H and O–H groups in total. The minimum absolute atomic E-state index is 0.126. The van der Waals surface area contributed by atoms with E-state index in [-0.39, 0.29) is 17.6 Å². The van der Waals surface area contributed by atoms with Crippen LogP contribution >= 0.6 is 47.2 Å². The van der Waals surface area contributed by atoms with Crippen LogP contribution in [0, 0.1) is 5.82 Å². The Morgan fingerprint density at radius 3 is 2.61 bits per heavy atom. The molecule has 1 aliphatic rings. The van der Waals surface area contributed by atoms with Crippen LogP contribution in [0.2, 0.25) is 10.0 Å². The van der Waals surface area contributed by atoms with Gasteiger partial charge in [-0.1, -0.05) is 65.7 Å². The molecule has 0 unspecified atom stereocenters. The molecule has 1 saturated heterocycles. The van der Waals surface area contributed by atoms with Gasteiger partial charge in [-0.2, -0.15) is 0 Å². The summed E-state index contributed by atoms with van der Waals surface area (Å²) in [4.78, 5) is 26.7. The molecule has 0 atom stereocenters. The number of carbonyl (C=O) groups excluding carboxylic acids is 2. The van der Waals surface area contributed by atoms with Crippen LogP contribution in [0.5, 0.6) is 0 Å². The van der Waals surface area contributed by atoms with Gasteiger partial charge in [0.05, 0.1) is 15.0 Å². The largest absolute Gasteiger partial charge is 0.326 e. The molecule has 0 spiro atoms. The molecule has 1 aliphatic heterocycles. The number of hydrogen-bond acceptors (Lipinski definition) is 4. The van der Waals surface area contributed by atoms with Gasteiger partial charge in [0.2, 0.25) is 5.91 Å². The van der Waals surface area contributed by atoms with Gasteiger partial charge in [0.25, 0.3) is 5.91 Å². The number of thioether (sulfide) groups is 1. The highest BCUT2D eigenvalue weighted by atomic mass is 35.5. The number of nitrogens with one attached hydrogen (secondary N) is 1. The van der Waals surface area contributed by atoms with Crippen molar-refractivity contribution >= 4 is 75.1 Å². The fourth-order valence-corrected chi connectivity index (χ4v) is 4.62. The van der Waals surface area contributed by atoms with E-state index in [1.165, 1.54) is 36.0 Å². The summed E-state index contributed by atoms with van der Waals surface area (Å²) in [7, 11) is 0. The smallest absolute Gasteiger partial charge is 0.266 e. The number of rotatable bonds is 8. The third-order valence-corrected chi connectivity index (χ3v) is 6.77. The molecule has 3 rings (SSSR count). The molecule has 9 heteroatoms. The number of anilines is 1. The Kier molecular flexibility index (Phi) is 8.49. The second-order valence-corrected chi connectivity index (χ2v) is 9.30. The first-order valence-electron chi connectivity index (χ1n) is 9.60. The highest BCUT2D eigenvalue weighted by molar-refractivity contribution is 8.26. The predicted molar refractivity (Wildman–Crippen MR) is 130 cm³/mol. The van der Waals surface area contributed by atoms with E-state index in [0.29, 0.717) is 49.9 Å². The third kappa shape index (κ3) is 6.53.